The largest absolute Gasteiger partial charge is 0.495 e. The lowest BCUT2D eigenvalue weighted by Gasteiger charge is -2.16. The van der Waals surface area contributed by atoms with Gasteiger partial charge < -0.3 is 9.57 Å². The first kappa shape index (κ1) is 22.6. The molecule has 9 heteroatoms. The van der Waals surface area contributed by atoms with Gasteiger partial charge in [-0.3, -0.25) is 4.98 Å². The minimum Gasteiger partial charge on any atom is -0.495 e. The highest BCUT2D eigenvalue weighted by Crippen LogP contribution is 2.44. The summed E-state index contributed by atoms with van der Waals surface area (Å²) in [5.41, 5.74) is 3.43. The third-order valence-corrected chi connectivity index (χ3v) is 5.41. The van der Waals surface area contributed by atoms with Crippen LogP contribution in [-0.2, 0) is 4.84 Å². The number of aromatic nitrogens is 3. The Hall–Kier alpha value is -3.55. The van der Waals surface area contributed by atoms with E-state index in [1.165, 1.54) is 26.5 Å². The normalized spacial score (nSPS) is 11.1. The first-order valence-electron chi connectivity index (χ1n) is 9.71. The minimum atomic E-state index is -0.445. The Kier molecular flexibility index (Phi) is 6.82. The van der Waals surface area contributed by atoms with Gasteiger partial charge in [-0.25, -0.2) is 4.39 Å². The van der Waals surface area contributed by atoms with Crippen molar-refractivity contribution in [3.05, 3.63) is 82.4 Å². The second kappa shape index (κ2) is 9.94. The van der Waals surface area contributed by atoms with E-state index in [4.69, 9.17) is 32.8 Å². The number of ether oxygens (including phenoxy) is 1. The molecule has 0 aliphatic rings. The van der Waals surface area contributed by atoms with Crippen LogP contribution in [0.15, 0.2) is 65.9 Å². The molecule has 0 unspecified atom stereocenters. The van der Waals surface area contributed by atoms with E-state index >= 15 is 0 Å². The average molecular weight is 483 g/mol. The van der Waals surface area contributed by atoms with Crippen molar-refractivity contribution in [2.45, 2.75) is 0 Å². The van der Waals surface area contributed by atoms with Crippen LogP contribution in [0.5, 0.6) is 5.75 Å². The maximum absolute atomic E-state index is 14.8. The molecule has 0 aliphatic carbocycles. The highest BCUT2D eigenvalue weighted by atomic mass is 35.5. The lowest BCUT2D eigenvalue weighted by Crippen LogP contribution is -2.01. The van der Waals surface area contributed by atoms with Crippen LogP contribution in [0.3, 0.4) is 0 Å². The van der Waals surface area contributed by atoms with Gasteiger partial charge in [0.05, 0.1) is 35.8 Å². The fraction of sp³-hybridized carbons (Fsp3) is 0.0833. The zero-order valence-corrected chi connectivity index (χ0v) is 19.1. The predicted molar refractivity (Wildman–Crippen MR) is 127 cm³/mol. The first-order chi connectivity index (χ1) is 16.0. The molecule has 0 aliphatic heterocycles. The SMILES string of the molecule is CON=Cc1ccc(-c2c(-c3ccccc3F)nnc(Cl)c2-c2ncc(OC)cc2Cl)cc1. The van der Waals surface area contributed by atoms with Crippen LogP contribution >= 0.6 is 23.2 Å². The minimum absolute atomic E-state index is 0.0784. The summed E-state index contributed by atoms with van der Waals surface area (Å²) < 4.78 is 20.0. The van der Waals surface area contributed by atoms with Gasteiger partial charge in [-0.2, -0.15) is 0 Å². The molecule has 33 heavy (non-hydrogen) atoms. The Balaban J connectivity index is 2.02. The Labute approximate surface area is 199 Å². The zero-order valence-electron chi connectivity index (χ0n) is 17.6. The van der Waals surface area contributed by atoms with Crippen molar-refractivity contribution >= 4 is 29.4 Å². The summed E-state index contributed by atoms with van der Waals surface area (Å²) in [7, 11) is 2.98. The molecule has 4 aromatic rings. The molecule has 0 atom stereocenters. The Bertz CT molecular complexity index is 1330. The molecular weight excluding hydrogens is 466 g/mol. The van der Waals surface area contributed by atoms with Crippen molar-refractivity contribution in [2.75, 3.05) is 14.2 Å². The van der Waals surface area contributed by atoms with Crippen molar-refractivity contribution in [3.63, 3.8) is 0 Å². The number of hydrogen-bond acceptors (Lipinski definition) is 6. The molecule has 0 radical (unpaired) electrons. The number of nitrogens with zero attached hydrogens (tertiary/aromatic N) is 4. The average Bonchev–Trinajstić information content (AvgIpc) is 2.83. The summed E-state index contributed by atoms with van der Waals surface area (Å²) in [5, 5.41) is 12.5. The van der Waals surface area contributed by atoms with E-state index in [1.54, 1.807) is 30.5 Å². The zero-order chi connectivity index (χ0) is 23.4. The van der Waals surface area contributed by atoms with Gasteiger partial charge in [0.15, 0.2) is 5.15 Å². The molecule has 0 fully saturated rings. The number of rotatable bonds is 6. The summed E-state index contributed by atoms with van der Waals surface area (Å²) in [5.74, 6) is 0.0403. The molecule has 2 aromatic carbocycles. The van der Waals surface area contributed by atoms with E-state index in [0.717, 1.165) is 5.56 Å². The molecule has 0 bridgehead atoms. The molecule has 0 amide bonds. The molecule has 0 saturated heterocycles. The summed E-state index contributed by atoms with van der Waals surface area (Å²) in [6.07, 6.45) is 3.09. The number of hydrogen-bond donors (Lipinski definition) is 0. The van der Waals surface area contributed by atoms with E-state index in [0.29, 0.717) is 38.9 Å². The monoisotopic (exact) mass is 482 g/mol. The van der Waals surface area contributed by atoms with E-state index in [-0.39, 0.29) is 10.7 Å². The third kappa shape index (κ3) is 4.65. The first-order valence-corrected chi connectivity index (χ1v) is 10.5. The summed E-state index contributed by atoms with van der Waals surface area (Å²) in [4.78, 5) is 9.18. The quantitative estimate of drug-likeness (QED) is 0.238. The van der Waals surface area contributed by atoms with Gasteiger partial charge in [0.25, 0.3) is 0 Å². The Morgan fingerprint density at radius 1 is 0.939 bits per heavy atom. The third-order valence-electron chi connectivity index (χ3n) is 4.86. The predicted octanol–water partition coefficient (Wildman–Crippen LogP) is 6.31. The van der Waals surface area contributed by atoms with Crippen LogP contribution in [0.25, 0.3) is 33.6 Å². The highest BCUT2D eigenvalue weighted by molar-refractivity contribution is 6.36. The van der Waals surface area contributed by atoms with Crippen molar-refractivity contribution in [3.8, 4) is 39.4 Å². The molecule has 4 rings (SSSR count). The summed E-state index contributed by atoms with van der Waals surface area (Å²) >= 11 is 13.1. The second-order valence-electron chi connectivity index (χ2n) is 6.81. The van der Waals surface area contributed by atoms with Crippen LogP contribution in [0, 0.1) is 5.82 Å². The molecule has 0 saturated carbocycles. The fourth-order valence-corrected chi connectivity index (χ4v) is 3.79. The topological polar surface area (TPSA) is 69.5 Å². The Morgan fingerprint density at radius 3 is 2.36 bits per heavy atom. The molecule has 0 N–H and O–H groups in total. The smallest absolute Gasteiger partial charge is 0.161 e. The fourth-order valence-electron chi connectivity index (χ4n) is 3.32. The molecule has 6 nitrogen and oxygen atoms in total. The van der Waals surface area contributed by atoms with Crippen LogP contribution in [-0.4, -0.2) is 35.6 Å². The van der Waals surface area contributed by atoms with Crippen molar-refractivity contribution in [2.24, 2.45) is 5.16 Å². The number of pyridine rings is 1. The number of oxime groups is 1. The van der Waals surface area contributed by atoms with Crippen molar-refractivity contribution in [1.82, 2.24) is 15.2 Å². The van der Waals surface area contributed by atoms with Crippen molar-refractivity contribution < 1.29 is 14.0 Å². The highest BCUT2D eigenvalue weighted by Gasteiger charge is 2.24. The van der Waals surface area contributed by atoms with E-state index < -0.39 is 5.82 Å². The van der Waals surface area contributed by atoms with Gasteiger partial charge in [-0.15, -0.1) is 10.2 Å². The van der Waals surface area contributed by atoms with Crippen molar-refractivity contribution in [1.29, 1.82) is 0 Å². The van der Waals surface area contributed by atoms with E-state index in [9.17, 15) is 4.39 Å². The number of methoxy groups -OCH3 is 1. The van der Waals surface area contributed by atoms with Gasteiger partial charge in [-0.05, 0) is 23.3 Å². The maximum Gasteiger partial charge on any atom is 0.161 e. The Morgan fingerprint density at radius 2 is 1.70 bits per heavy atom. The second-order valence-corrected chi connectivity index (χ2v) is 7.58. The standard InChI is InChI=1S/C24H17Cl2FN4O2/c1-32-16-11-18(25)23(28-13-16)21-20(15-9-7-14(8-10-15)12-29-33-2)22(30-31-24(21)26)17-5-3-4-6-19(17)27/h3-13H,1-2H3. The van der Waals surface area contributed by atoms with Gasteiger partial charge in [0.1, 0.15) is 24.4 Å². The maximum atomic E-state index is 14.8. The van der Waals surface area contributed by atoms with Crippen LogP contribution in [0.1, 0.15) is 5.56 Å². The van der Waals surface area contributed by atoms with Gasteiger partial charge in [-0.1, -0.05) is 64.8 Å². The van der Waals surface area contributed by atoms with E-state index in [1.807, 2.05) is 24.3 Å². The van der Waals surface area contributed by atoms with Gasteiger partial charge >= 0.3 is 0 Å². The lowest BCUT2D eigenvalue weighted by atomic mass is 9.93. The molecule has 2 heterocycles. The number of halogens is 3. The molecular formula is C24H17Cl2FN4O2. The van der Waals surface area contributed by atoms with Gasteiger partial charge in [0.2, 0.25) is 0 Å². The molecule has 2 aromatic heterocycles. The molecule has 0 spiro atoms. The van der Waals surface area contributed by atoms with Crippen LogP contribution < -0.4 is 4.74 Å². The van der Waals surface area contributed by atoms with Crippen LogP contribution in [0.2, 0.25) is 10.2 Å². The van der Waals surface area contributed by atoms with Crippen LogP contribution in [0.4, 0.5) is 4.39 Å². The molecule has 166 valence electrons. The number of benzene rings is 2. The van der Waals surface area contributed by atoms with E-state index in [2.05, 4.69) is 20.3 Å². The van der Waals surface area contributed by atoms with Gasteiger partial charge in [0, 0.05) is 17.2 Å². The summed E-state index contributed by atoms with van der Waals surface area (Å²) in [6.45, 7) is 0. The summed E-state index contributed by atoms with van der Waals surface area (Å²) in [6, 6.07) is 15.3. The lowest BCUT2D eigenvalue weighted by molar-refractivity contribution is 0.215.